The van der Waals surface area contributed by atoms with Crippen molar-refractivity contribution >= 4 is 11.8 Å². The molecule has 0 fully saturated rings. The summed E-state index contributed by atoms with van der Waals surface area (Å²) in [5.41, 5.74) is -0.481. The van der Waals surface area contributed by atoms with Crippen molar-refractivity contribution < 1.29 is 19.1 Å². The molecule has 0 aliphatic heterocycles. The van der Waals surface area contributed by atoms with Gasteiger partial charge in [-0.25, -0.2) is 0 Å². The van der Waals surface area contributed by atoms with Crippen LogP contribution < -0.4 is 10.6 Å². The van der Waals surface area contributed by atoms with Crippen molar-refractivity contribution in [1.29, 1.82) is 10.5 Å². The molecule has 0 aliphatic rings. The number of rotatable bonds is 13. The maximum Gasteiger partial charge on any atom is 0.233 e. The van der Waals surface area contributed by atoms with Crippen LogP contribution in [0, 0.1) is 33.7 Å². The van der Waals surface area contributed by atoms with E-state index in [0.29, 0.717) is 39.3 Å². The van der Waals surface area contributed by atoms with Gasteiger partial charge in [0.25, 0.3) is 0 Å². The Labute approximate surface area is 155 Å². The lowest BCUT2D eigenvalue weighted by Gasteiger charge is -2.23. The van der Waals surface area contributed by atoms with E-state index in [-0.39, 0.29) is 35.5 Å². The van der Waals surface area contributed by atoms with Gasteiger partial charge in [0.05, 0.1) is 13.2 Å². The number of ether oxygens (including phenoxy) is 2. The van der Waals surface area contributed by atoms with E-state index in [4.69, 9.17) is 20.0 Å². The minimum atomic E-state index is -0.285. The summed E-state index contributed by atoms with van der Waals surface area (Å²) < 4.78 is 11.0. The molecular formula is C18H30N4O4. The summed E-state index contributed by atoms with van der Waals surface area (Å²) >= 11 is 0. The Balaban J connectivity index is 3.76. The average molecular weight is 366 g/mol. The number of carbonyl (C=O) groups excluding carboxylic acids is 2. The highest BCUT2D eigenvalue weighted by molar-refractivity contribution is 5.78. The van der Waals surface area contributed by atoms with Gasteiger partial charge in [-0.1, -0.05) is 27.7 Å². The predicted molar refractivity (Wildman–Crippen MR) is 95.2 cm³/mol. The standard InChI is InChI=1S/C18H30N4O4/c1-17(2,11-15(23)21-13-19)5-7-25-9-10-26-8-6-18(3,4)12-16(24)22-14-20/h5-12H2,1-4H3,(H,21,23)(H,22,24). The fourth-order valence-corrected chi connectivity index (χ4v) is 2.28. The first-order valence-electron chi connectivity index (χ1n) is 8.63. The van der Waals surface area contributed by atoms with Gasteiger partial charge < -0.3 is 9.47 Å². The number of nitriles is 2. The molecule has 0 radical (unpaired) electrons. The first kappa shape index (κ1) is 23.8. The zero-order valence-corrected chi connectivity index (χ0v) is 16.2. The number of nitrogens with zero attached hydrogens (tertiary/aromatic N) is 2. The second-order valence-electron chi connectivity index (χ2n) is 7.73. The molecule has 26 heavy (non-hydrogen) atoms. The molecule has 0 unspecified atom stereocenters. The van der Waals surface area contributed by atoms with E-state index in [2.05, 4.69) is 10.6 Å². The third-order valence-corrected chi connectivity index (χ3v) is 3.89. The first-order chi connectivity index (χ1) is 12.1. The average Bonchev–Trinajstić information content (AvgIpc) is 2.49. The molecule has 8 nitrogen and oxygen atoms in total. The molecule has 0 aliphatic carbocycles. The van der Waals surface area contributed by atoms with E-state index in [1.165, 1.54) is 0 Å². The fourth-order valence-electron chi connectivity index (χ4n) is 2.28. The van der Waals surface area contributed by atoms with Crippen molar-refractivity contribution in [1.82, 2.24) is 10.6 Å². The minimum absolute atomic E-state index is 0.240. The Morgan fingerprint density at radius 3 is 1.42 bits per heavy atom. The summed E-state index contributed by atoms with van der Waals surface area (Å²) in [4.78, 5) is 22.8. The molecule has 0 bridgehead atoms. The lowest BCUT2D eigenvalue weighted by atomic mass is 9.85. The van der Waals surface area contributed by atoms with Crippen LogP contribution in [0.15, 0.2) is 0 Å². The molecule has 0 heterocycles. The highest BCUT2D eigenvalue weighted by Gasteiger charge is 2.22. The second kappa shape index (κ2) is 12.2. The smallest absolute Gasteiger partial charge is 0.233 e. The Kier molecular flexibility index (Phi) is 11.2. The SMILES string of the molecule is CC(C)(CCOCCOCCC(C)(C)CC(=O)NC#N)CC(=O)NC#N. The maximum absolute atomic E-state index is 11.4. The van der Waals surface area contributed by atoms with Gasteiger partial charge in [-0.3, -0.25) is 20.2 Å². The van der Waals surface area contributed by atoms with Gasteiger partial charge in [0.1, 0.15) is 0 Å². The van der Waals surface area contributed by atoms with Gasteiger partial charge in [0.15, 0.2) is 12.4 Å². The molecule has 2 amide bonds. The zero-order chi connectivity index (χ0) is 20.1. The van der Waals surface area contributed by atoms with Crippen molar-refractivity contribution in [2.75, 3.05) is 26.4 Å². The van der Waals surface area contributed by atoms with Gasteiger partial charge in [0.2, 0.25) is 11.8 Å². The number of nitrogens with one attached hydrogen (secondary N) is 2. The predicted octanol–water partition coefficient (Wildman–Crippen LogP) is 1.83. The van der Waals surface area contributed by atoms with Crippen LogP contribution in [0.5, 0.6) is 0 Å². The summed E-state index contributed by atoms with van der Waals surface area (Å²) in [5, 5.41) is 21.1. The van der Waals surface area contributed by atoms with E-state index < -0.39 is 0 Å². The van der Waals surface area contributed by atoms with Crippen molar-refractivity contribution in [2.45, 2.75) is 53.4 Å². The Bertz CT molecular complexity index is 484. The maximum atomic E-state index is 11.4. The summed E-state index contributed by atoms with van der Waals surface area (Å²) in [6.45, 7) is 9.74. The third kappa shape index (κ3) is 13.2. The molecule has 146 valence electrons. The first-order valence-corrected chi connectivity index (χ1v) is 8.63. The van der Waals surface area contributed by atoms with E-state index in [0.717, 1.165) is 0 Å². The number of hydrogen-bond acceptors (Lipinski definition) is 6. The molecular weight excluding hydrogens is 336 g/mol. The van der Waals surface area contributed by atoms with Crippen molar-refractivity contribution in [2.24, 2.45) is 10.8 Å². The van der Waals surface area contributed by atoms with Crippen molar-refractivity contribution in [3.05, 3.63) is 0 Å². The van der Waals surface area contributed by atoms with E-state index in [1.807, 2.05) is 27.7 Å². The Morgan fingerprint density at radius 2 is 1.12 bits per heavy atom. The molecule has 0 atom stereocenters. The van der Waals surface area contributed by atoms with Gasteiger partial charge in [0, 0.05) is 26.1 Å². The van der Waals surface area contributed by atoms with Gasteiger partial charge in [-0.2, -0.15) is 10.5 Å². The molecule has 0 saturated heterocycles. The molecule has 0 aromatic heterocycles. The van der Waals surface area contributed by atoms with Crippen LogP contribution in [0.25, 0.3) is 0 Å². The van der Waals surface area contributed by atoms with E-state index in [1.54, 1.807) is 12.4 Å². The minimum Gasteiger partial charge on any atom is -0.379 e. The number of carbonyl (C=O) groups is 2. The molecule has 8 heteroatoms. The molecule has 0 aromatic rings. The van der Waals surface area contributed by atoms with E-state index in [9.17, 15) is 9.59 Å². The third-order valence-electron chi connectivity index (χ3n) is 3.89. The van der Waals surface area contributed by atoms with Crippen LogP contribution >= 0.6 is 0 Å². The van der Waals surface area contributed by atoms with Crippen molar-refractivity contribution in [3.63, 3.8) is 0 Å². The second-order valence-corrected chi connectivity index (χ2v) is 7.73. The van der Waals surface area contributed by atoms with Crippen LogP contribution in [-0.4, -0.2) is 38.2 Å². The lowest BCUT2D eigenvalue weighted by Crippen LogP contribution is -2.27. The molecule has 0 aromatic carbocycles. The van der Waals surface area contributed by atoms with Gasteiger partial charge >= 0.3 is 0 Å². The number of amides is 2. The topological polar surface area (TPSA) is 124 Å². The highest BCUT2D eigenvalue weighted by Crippen LogP contribution is 2.25. The van der Waals surface area contributed by atoms with E-state index >= 15 is 0 Å². The molecule has 0 saturated carbocycles. The van der Waals surface area contributed by atoms with Crippen LogP contribution in [0.1, 0.15) is 53.4 Å². The van der Waals surface area contributed by atoms with Gasteiger partial charge in [-0.15, -0.1) is 0 Å². The fraction of sp³-hybridized carbons (Fsp3) is 0.778. The molecule has 0 spiro atoms. The van der Waals surface area contributed by atoms with Crippen LogP contribution in [0.3, 0.4) is 0 Å². The lowest BCUT2D eigenvalue weighted by molar-refractivity contribution is -0.123. The van der Waals surface area contributed by atoms with Crippen LogP contribution in [0.2, 0.25) is 0 Å². The molecule has 2 N–H and O–H groups in total. The van der Waals surface area contributed by atoms with Crippen molar-refractivity contribution in [3.8, 4) is 12.4 Å². The normalized spacial score (nSPS) is 11.3. The summed E-state index contributed by atoms with van der Waals surface area (Å²) in [6.07, 6.45) is 5.21. The quantitative estimate of drug-likeness (QED) is 0.291. The highest BCUT2D eigenvalue weighted by atomic mass is 16.5. The zero-order valence-electron chi connectivity index (χ0n) is 16.2. The Morgan fingerprint density at radius 1 is 0.769 bits per heavy atom. The van der Waals surface area contributed by atoms with Gasteiger partial charge in [-0.05, 0) is 23.7 Å². The summed E-state index contributed by atoms with van der Waals surface area (Å²) in [6, 6.07) is 0. The summed E-state index contributed by atoms with van der Waals surface area (Å²) in [5.74, 6) is -0.571. The summed E-state index contributed by atoms with van der Waals surface area (Å²) in [7, 11) is 0. The van der Waals surface area contributed by atoms with Crippen LogP contribution in [0.4, 0.5) is 0 Å². The van der Waals surface area contributed by atoms with Crippen LogP contribution in [-0.2, 0) is 19.1 Å². The Hall–Kier alpha value is -2.16. The largest absolute Gasteiger partial charge is 0.379 e. The monoisotopic (exact) mass is 366 g/mol. The molecule has 0 rings (SSSR count). The number of hydrogen-bond donors (Lipinski definition) is 2.